The van der Waals surface area contributed by atoms with E-state index in [0.717, 1.165) is 33.7 Å². The second kappa shape index (κ2) is 8.79. The van der Waals surface area contributed by atoms with Crippen LogP contribution in [0.3, 0.4) is 0 Å². The van der Waals surface area contributed by atoms with Crippen LogP contribution in [-0.4, -0.2) is 39.1 Å². The first-order chi connectivity index (χ1) is 15.1. The summed E-state index contributed by atoms with van der Waals surface area (Å²) in [4.78, 5) is 20.8. The number of fused-ring (bicyclic) bond motifs is 1. The molecule has 0 atom stereocenters. The van der Waals surface area contributed by atoms with Gasteiger partial charge in [-0.1, -0.05) is 12.1 Å². The number of H-pyrrole nitrogens is 1. The standard InChI is InChI=1S/C24H23N5O2/c1-15-25-16(2)27-23(26-15)11-9-17-13-22(31-4)18(14-21(17)30-3)10-12-24-28-19-7-5-6-8-20(19)29-24/h5-14H,1-4H3,(H,28,29)/b11-9+,12-10+. The second-order valence-corrected chi connectivity index (χ2v) is 6.93. The van der Waals surface area contributed by atoms with E-state index in [9.17, 15) is 0 Å². The molecule has 4 aromatic rings. The zero-order chi connectivity index (χ0) is 21.8. The van der Waals surface area contributed by atoms with Gasteiger partial charge in [-0.25, -0.2) is 19.9 Å². The molecule has 0 amide bonds. The van der Waals surface area contributed by atoms with E-state index in [0.29, 0.717) is 23.2 Å². The molecule has 1 N–H and O–H groups in total. The number of aromatic amines is 1. The summed E-state index contributed by atoms with van der Waals surface area (Å²) in [7, 11) is 3.29. The fourth-order valence-electron chi connectivity index (χ4n) is 3.31. The van der Waals surface area contributed by atoms with Crippen LogP contribution in [0.25, 0.3) is 35.3 Å². The second-order valence-electron chi connectivity index (χ2n) is 6.93. The summed E-state index contributed by atoms with van der Waals surface area (Å²) in [6.45, 7) is 3.69. The number of imidazole rings is 1. The minimum atomic E-state index is 0.597. The Labute approximate surface area is 180 Å². The number of nitrogens with one attached hydrogen (secondary N) is 1. The molecule has 4 rings (SSSR count). The summed E-state index contributed by atoms with van der Waals surface area (Å²) < 4.78 is 11.2. The van der Waals surface area contributed by atoms with Crippen LogP contribution < -0.4 is 9.47 Å². The first-order valence-electron chi connectivity index (χ1n) is 9.82. The Morgan fingerprint density at radius 1 is 0.742 bits per heavy atom. The van der Waals surface area contributed by atoms with E-state index >= 15 is 0 Å². The van der Waals surface area contributed by atoms with E-state index in [1.807, 2.05) is 74.5 Å². The topological polar surface area (TPSA) is 85.8 Å². The molecule has 7 heteroatoms. The maximum atomic E-state index is 5.61. The van der Waals surface area contributed by atoms with Crippen molar-refractivity contribution in [2.75, 3.05) is 14.2 Å². The Kier molecular flexibility index (Phi) is 5.75. The fraction of sp³-hybridized carbons (Fsp3) is 0.167. The third kappa shape index (κ3) is 4.61. The van der Waals surface area contributed by atoms with Gasteiger partial charge in [0.1, 0.15) is 29.0 Å². The molecule has 0 spiro atoms. The van der Waals surface area contributed by atoms with Gasteiger partial charge in [-0.15, -0.1) is 0 Å². The van der Waals surface area contributed by atoms with Crippen molar-refractivity contribution >= 4 is 35.3 Å². The van der Waals surface area contributed by atoms with E-state index in [1.54, 1.807) is 14.2 Å². The van der Waals surface area contributed by atoms with Gasteiger partial charge in [-0.3, -0.25) is 0 Å². The van der Waals surface area contributed by atoms with Crippen molar-refractivity contribution in [1.29, 1.82) is 0 Å². The summed E-state index contributed by atoms with van der Waals surface area (Å²) >= 11 is 0. The highest BCUT2D eigenvalue weighted by molar-refractivity contribution is 5.80. The lowest BCUT2D eigenvalue weighted by Crippen LogP contribution is -1.98. The van der Waals surface area contributed by atoms with Crippen LogP contribution in [0.15, 0.2) is 36.4 Å². The number of aromatic nitrogens is 5. The van der Waals surface area contributed by atoms with Gasteiger partial charge in [0.2, 0.25) is 0 Å². The highest BCUT2D eigenvalue weighted by Gasteiger charge is 2.09. The summed E-state index contributed by atoms with van der Waals surface area (Å²) in [5.74, 6) is 4.16. The van der Waals surface area contributed by atoms with Crippen molar-refractivity contribution in [3.05, 3.63) is 70.8 Å². The van der Waals surface area contributed by atoms with Gasteiger partial charge in [0.05, 0.1) is 25.3 Å². The largest absolute Gasteiger partial charge is 0.496 e. The smallest absolute Gasteiger partial charge is 0.156 e. The SMILES string of the molecule is COc1cc(/C=C/c2nc3ccccc3[nH]2)c(OC)cc1/C=C/c1nc(C)nc(C)n1. The molecule has 0 unspecified atom stereocenters. The predicted octanol–water partition coefficient (Wildman–Crippen LogP) is 4.72. The lowest BCUT2D eigenvalue weighted by atomic mass is 10.1. The maximum Gasteiger partial charge on any atom is 0.156 e. The number of methoxy groups -OCH3 is 2. The van der Waals surface area contributed by atoms with Gasteiger partial charge in [0, 0.05) is 11.1 Å². The number of para-hydroxylation sites is 2. The zero-order valence-corrected chi connectivity index (χ0v) is 17.9. The lowest BCUT2D eigenvalue weighted by Gasteiger charge is -2.11. The van der Waals surface area contributed by atoms with Gasteiger partial charge < -0.3 is 14.5 Å². The van der Waals surface area contributed by atoms with Gasteiger partial charge in [-0.2, -0.15) is 0 Å². The van der Waals surface area contributed by atoms with Crippen molar-refractivity contribution < 1.29 is 9.47 Å². The van der Waals surface area contributed by atoms with Crippen molar-refractivity contribution in [2.45, 2.75) is 13.8 Å². The Bertz CT molecular complexity index is 1240. The number of nitrogens with zero attached hydrogens (tertiary/aromatic N) is 4. The molecule has 0 aliphatic heterocycles. The van der Waals surface area contributed by atoms with Crippen molar-refractivity contribution in [3.63, 3.8) is 0 Å². The van der Waals surface area contributed by atoms with Gasteiger partial charge in [0.15, 0.2) is 5.82 Å². The maximum absolute atomic E-state index is 5.61. The molecule has 0 saturated carbocycles. The van der Waals surface area contributed by atoms with E-state index in [4.69, 9.17) is 9.47 Å². The number of hydrogen-bond donors (Lipinski definition) is 1. The molecule has 0 fully saturated rings. The van der Waals surface area contributed by atoms with Crippen LogP contribution in [0.4, 0.5) is 0 Å². The summed E-state index contributed by atoms with van der Waals surface area (Å²) in [5.41, 5.74) is 3.66. The average Bonchev–Trinajstić information content (AvgIpc) is 3.18. The molecule has 2 aromatic heterocycles. The number of rotatable bonds is 6. The normalized spacial score (nSPS) is 11.6. The van der Waals surface area contributed by atoms with Crippen LogP contribution in [0.5, 0.6) is 11.5 Å². The van der Waals surface area contributed by atoms with Crippen molar-refractivity contribution in [2.24, 2.45) is 0 Å². The first-order valence-corrected chi connectivity index (χ1v) is 9.82. The number of aryl methyl sites for hydroxylation is 2. The Hall–Kier alpha value is -4.00. The third-order valence-electron chi connectivity index (χ3n) is 4.70. The molecule has 2 aromatic carbocycles. The molecule has 0 radical (unpaired) electrons. The van der Waals surface area contributed by atoms with E-state index in [1.165, 1.54) is 0 Å². The third-order valence-corrected chi connectivity index (χ3v) is 4.70. The average molecular weight is 413 g/mol. The molecule has 156 valence electrons. The van der Waals surface area contributed by atoms with Crippen molar-refractivity contribution in [1.82, 2.24) is 24.9 Å². The molecule has 0 bridgehead atoms. The summed E-state index contributed by atoms with van der Waals surface area (Å²) in [6, 6.07) is 11.8. The minimum absolute atomic E-state index is 0.597. The Morgan fingerprint density at radius 2 is 1.35 bits per heavy atom. The van der Waals surface area contributed by atoms with Crippen LogP contribution >= 0.6 is 0 Å². The van der Waals surface area contributed by atoms with E-state index < -0.39 is 0 Å². The van der Waals surface area contributed by atoms with Crippen LogP contribution in [0, 0.1) is 13.8 Å². The Balaban J connectivity index is 1.65. The molecule has 0 saturated heterocycles. The monoisotopic (exact) mass is 413 g/mol. The summed E-state index contributed by atoms with van der Waals surface area (Å²) in [5, 5.41) is 0. The van der Waals surface area contributed by atoms with Gasteiger partial charge in [0.25, 0.3) is 0 Å². The van der Waals surface area contributed by atoms with Crippen LogP contribution in [0.2, 0.25) is 0 Å². The quantitative estimate of drug-likeness (QED) is 0.492. The molecule has 0 aliphatic carbocycles. The fourth-order valence-corrected chi connectivity index (χ4v) is 3.31. The minimum Gasteiger partial charge on any atom is -0.496 e. The molecular formula is C24H23N5O2. The van der Waals surface area contributed by atoms with Crippen LogP contribution in [-0.2, 0) is 0 Å². The Morgan fingerprint density at radius 3 is 1.97 bits per heavy atom. The first kappa shape index (κ1) is 20.3. The predicted molar refractivity (Wildman–Crippen MR) is 123 cm³/mol. The summed E-state index contributed by atoms with van der Waals surface area (Å²) in [6.07, 6.45) is 7.61. The highest BCUT2D eigenvalue weighted by atomic mass is 16.5. The molecular weight excluding hydrogens is 390 g/mol. The molecule has 31 heavy (non-hydrogen) atoms. The van der Waals surface area contributed by atoms with Crippen LogP contribution in [0.1, 0.15) is 34.4 Å². The van der Waals surface area contributed by atoms with Gasteiger partial charge in [-0.05, 0) is 62.4 Å². The molecule has 2 heterocycles. The molecule has 7 nitrogen and oxygen atoms in total. The number of benzene rings is 2. The zero-order valence-electron chi connectivity index (χ0n) is 17.9. The number of hydrogen-bond acceptors (Lipinski definition) is 6. The van der Waals surface area contributed by atoms with Gasteiger partial charge >= 0.3 is 0 Å². The van der Waals surface area contributed by atoms with E-state index in [2.05, 4.69) is 24.9 Å². The molecule has 0 aliphatic rings. The lowest BCUT2D eigenvalue weighted by molar-refractivity contribution is 0.401. The number of ether oxygens (including phenoxy) is 2. The van der Waals surface area contributed by atoms with Crippen molar-refractivity contribution in [3.8, 4) is 11.5 Å². The van der Waals surface area contributed by atoms with E-state index in [-0.39, 0.29) is 0 Å². The highest BCUT2D eigenvalue weighted by Crippen LogP contribution is 2.31.